The summed E-state index contributed by atoms with van der Waals surface area (Å²) >= 11 is 1.30. The van der Waals surface area contributed by atoms with Gasteiger partial charge in [0, 0.05) is 24.8 Å². The number of β-amino-alcohol motifs (C(OH)–C–C–N with tert-alkyl or cyclic N) is 1. The van der Waals surface area contributed by atoms with E-state index in [2.05, 4.69) is 24.3 Å². The van der Waals surface area contributed by atoms with Crippen molar-refractivity contribution < 1.29 is 5.11 Å². The highest BCUT2D eigenvalue weighted by atomic mass is 32.1. The number of rotatable bonds is 5. The molecule has 4 heterocycles. The SMILES string of the molecule is CC=Nc1c(N)nc(N2CC(O)(c3ccns3)C2)nc1/C=C/c1ccncc1. The van der Waals surface area contributed by atoms with Gasteiger partial charge >= 0.3 is 0 Å². The molecule has 1 aliphatic heterocycles. The zero-order valence-electron chi connectivity index (χ0n) is 15.2. The summed E-state index contributed by atoms with van der Waals surface area (Å²) in [6.45, 7) is 2.59. The Morgan fingerprint density at radius 3 is 2.64 bits per heavy atom. The van der Waals surface area contributed by atoms with Gasteiger partial charge < -0.3 is 15.7 Å². The van der Waals surface area contributed by atoms with Crippen molar-refractivity contribution in [3.8, 4) is 0 Å². The zero-order valence-corrected chi connectivity index (χ0v) is 16.0. The molecule has 0 aromatic carbocycles. The largest absolute Gasteiger partial charge is 0.382 e. The monoisotopic (exact) mass is 393 g/mol. The minimum atomic E-state index is -0.924. The molecule has 28 heavy (non-hydrogen) atoms. The van der Waals surface area contributed by atoms with Crippen molar-refractivity contribution in [2.75, 3.05) is 23.7 Å². The van der Waals surface area contributed by atoms with Crippen LogP contribution in [0, 0.1) is 0 Å². The van der Waals surface area contributed by atoms with Crippen LogP contribution in [-0.2, 0) is 5.60 Å². The van der Waals surface area contributed by atoms with Crippen LogP contribution in [0.5, 0.6) is 0 Å². The van der Waals surface area contributed by atoms with Gasteiger partial charge in [-0.1, -0.05) is 6.08 Å². The maximum absolute atomic E-state index is 10.7. The van der Waals surface area contributed by atoms with Crippen LogP contribution in [0.25, 0.3) is 12.2 Å². The molecule has 0 radical (unpaired) electrons. The highest BCUT2D eigenvalue weighted by Crippen LogP contribution is 2.37. The molecule has 0 unspecified atom stereocenters. The maximum Gasteiger partial charge on any atom is 0.228 e. The quantitative estimate of drug-likeness (QED) is 0.640. The van der Waals surface area contributed by atoms with Gasteiger partial charge in [0.15, 0.2) is 5.82 Å². The average molecular weight is 393 g/mol. The molecule has 1 saturated heterocycles. The molecule has 0 bridgehead atoms. The third-order valence-electron chi connectivity index (χ3n) is 4.41. The number of aliphatic hydroxyl groups is 1. The molecule has 0 spiro atoms. The minimum absolute atomic E-state index is 0.297. The van der Waals surface area contributed by atoms with E-state index in [-0.39, 0.29) is 0 Å². The van der Waals surface area contributed by atoms with E-state index in [1.807, 2.05) is 42.2 Å². The highest BCUT2D eigenvalue weighted by Gasteiger charge is 2.45. The van der Waals surface area contributed by atoms with Gasteiger partial charge in [-0.15, -0.1) is 0 Å². The van der Waals surface area contributed by atoms with Crippen molar-refractivity contribution in [2.24, 2.45) is 4.99 Å². The second kappa shape index (κ2) is 7.45. The van der Waals surface area contributed by atoms with Gasteiger partial charge in [0.05, 0.1) is 23.7 Å². The summed E-state index contributed by atoms with van der Waals surface area (Å²) < 4.78 is 4.06. The lowest BCUT2D eigenvalue weighted by Crippen LogP contribution is -2.59. The first-order chi connectivity index (χ1) is 13.6. The second-order valence-electron chi connectivity index (χ2n) is 6.41. The van der Waals surface area contributed by atoms with Crippen molar-refractivity contribution in [1.29, 1.82) is 0 Å². The average Bonchev–Trinajstić information content (AvgIpc) is 3.22. The number of anilines is 2. The minimum Gasteiger partial charge on any atom is -0.382 e. The Hall–Kier alpha value is -3.17. The molecule has 1 fully saturated rings. The molecule has 0 atom stereocenters. The van der Waals surface area contributed by atoms with E-state index in [1.165, 1.54) is 11.5 Å². The van der Waals surface area contributed by atoms with Crippen molar-refractivity contribution >= 4 is 47.4 Å². The molecule has 0 saturated carbocycles. The summed E-state index contributed by atoms with van der Waals surface area (Å²) in [6.07, 6.45) is 10.6. The summed E-state index contributed by atoms with van der Waals surface area (Å²) in [5.74, 6) is 0.766. The van der Waals surface area contributed by atoms with Crippen molar-refractivity contribution in [3.63, 3.8) is 0 Å². The lowest BCUT2D eigenvalue weighted by atomic mass is 9.93. The molecule has 3 aromatic heterocycles. The topological polar surface area (TPSA) is 113 Å². The van der Waals surface area contributed by atoms with E-state index in [4.69, 9.17) is 5.73 Å². The lowest BCUT2D eigenvalue weighted by molar-refractivity contribution is 0.0101. The van der Waals surface area contributed by atoms with Gasteiger partial charge in [-0.3, -0.25) is 9.98 Å². The maximum atomic E-state index is 10.7. The van der Waals surface area contributed by atoms with Crippen molar-refractivity contribution in [2.45, 2.75) is 12.5 Å². The van der Waals surface area contributed by atoms with Crippen LogP contribution in [0.3, 0.4) is 0 Å². The summed E-state index contributed by atoms with van der Waals surface area (Å²) in [6, 6.07) is 5.63. The van der Waals surface area contributed by atoms with E-state index in [1.54, 1.807) is 24.8 Å². The summed E-state index contributed by atoms with van der Waals surface area (Å²) in [5, 5.41) is 10.7. The third kappa shape index (κ3) is 3.49. The number of nitrogen functional groups attached to an aromatic ring is 1. The van der Waals surface area contributed by atoms with Crippen LogP contribution in [-0.4, -0.2) is 43.7 Å². The number of nitrogens with two attached hydrogens (primary N) is 1. The van der Waals surface area contributed by atoms with Crippen molar-refractivity contribution in [3.05, 3.63) is 52.9 Å². The predicted octanol–water partition coefficient (Wildman–Crippen LogP) is 2.51. The molecule has 0 amide bonds. The molecule has 4 rings (SSSR count). The fraction of sp³-hybridized carbons (Fsp3) is 0.211. The van der Waals surface area contributed by atoms with E-state index in [0.29, 0.717) is 36.2 Å². The van der Waals surface area contributed by atoms with Crippen LogP contribution in [0.4, 0.5) is 17.5 Å². The van der Waals surface area contributed by atoms with Crippen LogP contribution in [0.1, 0.15) is 23.1 Å². The molecule has 0 aliphatic carbocycles. The van der Waals surface area contributed by atoms with E-state index >= 15 is 0 Å². The van der Waals surface area contributed by atoms with Gasteiger partial charge in [0.25, 0.3) is 0 Å². The molecule has 3 N–H and O–H groups in total. The molecule has 1 aliphatic rings. The van der Waals surface area contributed by atoms with Crippen LogP contribution in [0.2, 0.25) is 0 Å². The number of nitrogens with zero attached hydrogens (tertiary/aromatic N) is 6. The predicted molar refractivity (Wildman–Crippen MR) is 112 cm³/mol. The first kappa shape index (κ1) is 18.2. The Morgan fingerprint density at radius 1 is 1.18 bits per heavy atom. The first-order valence-corrected chi connectivity index (χ1v) is 9.49. The van der Waals surface area contributed by atoms with Crippen LogP contribution in [0.15, 0.2) is 41.8 Å². The summed E-state index contributed by atoms with van der Waals surface area (Å²) in [5.41, 5.74) is 7.35. The van der Waals surface area contributed by atoms with E-state index < -0.39 is 5.60 Å². The molecule has 9 heteroatoms. The Bertz CT molecular complexity index is 1010. The Labute approximate surface area is 166 Å². The normalized spacial score (nSPS) is 16.0. The van der Waals surface area contributed by atoms with Crippen LogP contribution < -0.4 is 10.6 Å². The van der Waals surface area contributed by atoms with Gasteiger partial charge in [-0.05, 0) is 48.3 Å². The third-order valence-corrected chi connectivity index (χ3v) is 5.35. The highest BCUT2D eigenvalue weighted by molar-refractivity contribution is 7.05. The van der Waals surface area contributed by atoms with Crippen LogP contribution >= 0.6 is 11.5 Å². The smallest absolute Gasteiger partial charge is 0.228 e. The molecular weight excluding hydrogens is 374 g/mol. The second-order valence-corrected chi connectivity index (χ2v) is 7.24. The van der Waals surface area contributed by atoms with Gasteiger partial charge in [0.1, 0.15) is 11.3 Å². The number of hydrogen-bond acceptors (Lipinski definition) is 9. The van der Waals surface area contributed by atoms with Gasteiger partial charge in [0.2, 0.25) is 5.95 Å². The van der Waals surface area contributed by atoms with E-state index in [0.717, 1.165) is 10.4 Å². The number of pyridine rings is 1. The Kier molecular flexibility index (Phi) is 4.84. The van der Waals surface area contributed by atoms with Gasteiger partial charge in [-0.2, -0.15) is 4.98 Å². The zero-order chi connectivity index (χ0) is 19.6. The number of hydrogen-bond donors (Lipinski definition) is 2. The van der Waals surface area contributed by atoms with Gasteiger partial charge in [-0.25, -0.2) is 9.36 Å². The van der Waals surface area contributed by atoms with Crippen molar-refractivity contribution in [1.82, 2.24) is 19.3 Å². The standard InChI is InChI=1S/C19H19N7OS/c1-2-22-16-14(4-3-13-5-8-21-9-6-13)24-18(25-17(16)20)26-11-19(27,12-26)15-7-10-23-28-15/h2-10,27H,11-12H2,1H3,(H2,20,24,25)/b4-3+,22-2?. The number of aromatic nitrogens is 4. The molecule has 142 valence electrons. The summed E-state index contributed by atoms with van der Waals surface area (Å²) in [4.78, 5) is 20.1. The lowest BCUT2D eigenvalue weighted by Gasteiger charge is -2.45. The fourth-order valence-corrected chi connectivity index (χ4v) is 3.64. The van der Waals surface area contributed by atoms with E-state index in [9.17, 15) is 5.11 Å². The summed E-state index contributed by atoms with van der Waals surface area (Å²) in [7, 11) is 0. The Balaban J connectivity index is 1.63. The molecule has 3 aromatic rings. The fourth-order valence-electron chi connectivity index (χ4n) is 2.98. The molecule has 8 nitrogen and oxygen atoms in total. The number of aliphatic imine (C=N–C) groups is 1. The Morgan fingerprint density at radius 2 is 1.96 bits per heavy atom. The first-order valence-electron chi connectivity index (χ1n) is 8.72. The molecular formula is C19H19N7OS.